The Morgan fingerprint density at radius 1 is 0.941 bits per heavy atom. The van der Waals surface area contributed by atoms with Gasteiger partial charge in [0.15, 0.2) is 18.1 Å². The Hall–Kier alpha value is -3.56. The van der Waals surface area contributed by atoms with Crippen molar-refractivity contribution in [3.8, 4) is 17.2 Å². The van der Waals surface area contributed by atoms with Crippen LogP contribution in [0.3, 0.4) is 0 Å². The number of rotatable bonds is 8. The number of hydrogen-bond acceptors (Lipinski definition) is 6. The molecule has 1 N–H and O–H groups in total. The highest BCUT2D eigenvalue weighted by atomic mass is 32.2. The van der Waals surface area contributed by atoms with E-state index in [4.69, 9.17) is 14.2 Å². The van der Waals surface area contributed by atoms with Gasteiger partial charge in [-0.15, -0.1) is 0 Å². The normalized spacial score (nSPS) is 13.6. The molecule has 0 radical (unpaired) electrons. The Bertz CT molecular complexity index is 1270. The van der Waals surface area contributed by atoms with Crippen molar-refractivity contribution in [1.29, 1.82) is 0 Å². The predicted molar refractivity (Wildman–Crippen MR) is 128 cm³/mol. The number of anilines is 1. The topological polar surface area (TPSA) is 94.2 Å². The van der Waals surface area contributed by atoms with Gasteiger partial charge >= 0.3 is 0 Å². The quantitative estimate of drug-likeness (QED) is 0.528. The van der Waals surface area contributed by atoms with Gasteiger partial charge in [0.05, 0.1) is 19.1 Å². The first-order valence-electron chi connectivity index (χ1n) is 10.7. The van der Waals surface area contributed by atoms with Crippen molar-refractivity contribution >= 4 is 21.6 Å². The minimum absolute atomic E-state index is 0.185. The number of nitrogens with one attached hydrogen (secondary N) is 1. The molecule has 0 saturated carbocycles. The van der Waals surface area contributed by atoms with Gasteiger partial charge in [-0.2, -0.15) is 4.31 Å². The van der Waals surface area contributed by atoms with Crippen molar-refractivity contribution in [2.24, 2.45) is 0 Å². The number of benzene rings is 3. The van der Waals surface area contributed by atoms with E-state index >= 15 is 0 Å². The first-order chi connectivity index (χ1) is 16.4. The Balaban J connectivity index is 1.43. The first-order valence-corrected chi connectivity index (χ1v) is 12.2. The van der Waals surface area contributed by atoms with Crippen LogP contribution in [0.1, 0.15) is 11.1 Å². The molecule has 1 heterocycles. The number of para-hydroxylation sites is 2. The van der Waals surface area contributed by atoms with E-state index in [1.54, 1.807) is 42.5 Å². The second-order valence-electron chi connectivity index (χ2n) is 7.74. The number of sulfonamides is 1. The Labute approximate surface area is 199 Å². The third-order valence-corrected chi connectivity index (χ3v) is 7.45. The number of fused-ring (bicyclic) bond motifs is 1. The van der Waals surface area contributed by atoms with Crippen LogP contribution in [-0.2, 0) is 27.8 Å². The summed E-state index contributed by atoms with van der Waals surface area (Å²) in [7, 11) is -0.584. The van der Waals surface area contributed by atoms with Crippen LogP contribution in [-0.4, -0.2) is 46.0 Å². The highest BCUT2D eigenvalue weighted by Gasteiger charge is 2.28. The lowest BCUT2D eigenvalue weighted by Crippen LogP contribution is -2.36. The summed E-state index contributed by atoms with van der Waals surface area (Å²) < 4.78 is 43.6. The average Bonchev–Trinajstić information content (AvgIpc) is 2.87. The minimum Gasteiger partial charge on any atom is -0.497 e. The zero-order valence-electron chi connectivity index (χ0n) is 19.0. The maximum absolute atomic E-state index is 13.1. The SMILES string of the molecule is COc1ccc(S(=O)(=O)N2CCc3ccc(NC(=O)COc4ccccc4OC)cc3C2)cc1. The molecule has 0 fully saturated rings. The summed E-state index contributed by atoms with van der Waals surface area (Å²) >= 11 is 0. The smallest absolute Gasteiger partial charge is 0.262 e. The molecule has 0 aliphatic carbocycles. The van der Waals surface area contributed by atoms with Crippen LogP contribution < -0.4 is 19.5 Å². The summed E-state index contributed by atoms with van der Waals surface area (Å²) in [4.78, 5) is 12.6. The molecular weight excluding hydrogens is 456 g/mol. The van der Waals surface area contributed by atoms with E-state index in [2.05, 4.69) is 5.32 Å². The molecule has 8 nitrogen and oxygen atoms in total. The second-order valence-corrected chi connectivity index (χ2v) is 9.67. The van der Waals surface area contributed by atoms with Crippen molar-refractivity contribution in [3.63, 3.8) is 0 Å². The summed E-state index contributed by atoms with van der Waals surface area (Å²) in [5.74, 6) is 1.29. The van der Waals surface area contributed by atoms with Crippen LogP contribution in [0.15, 0.2) is 71.6 Å². The van der Waals surface area contributed by atoms with Gasteiger partial charge in [-0.3, -0.25) is 4.79 Å². The molecule has 0 saturated heterocycles. The van der Waals surface area contributed by atoms with Crippen LogP contribution >= 0.6 is 0 Å². The third kappa shape index (κ3) is 5.16. The number of hydrogen-bond donors (Lipinski definition) is 1. The third-order valence-electron chi connectivity index (χ3n) is 5.59. The predicted octanol–water partition coefficient (Wildman–Crippen LogP) is 3.47. The molecule has 178 valence electrons. The zero-order chi connectivity index (χ0) is 24.1. The van der Waals surface area contributed by atoms with Gasteiger partial charge in [0.1, 0.15) is 5.75 Å². The number of methoxy groups -OCH3 is 2. The Morgan fingerprint density at radius 3 is 2.38 bits per heavy atom. The Morgan fingerprint density at radius 2 is 1.68 bits per heavy atom. The molecule has 0 aromatic heterocycles. The minimum atomic E-state index is -3.65. The van der Waals surface area contributed by atoms with Crippen LogP contribution in [0.5, 0.6) is 17.2 Å². The van der Waals surface area contributed by atoms with Crippen molar-refractivity contribution in [2.45, 2.75) is 17.9 Å². The van der Waals surface area contributed by atoms with Gasteiger partial charge in [-0.1, -0.05) is 18.2 Å². The van der Waals surface area contributed by atoms with Gasteiger partial charge in [0, 0.05) is 18.8 Å². The van der Waals surface area contributed by atoms with Crippen LogP contribution in [0.4, 0.5) is 5.69 Å². The maximum Gasteiger partial charge on any atom is 0.262 e. The maximum atomic E-state index is 13.1. The fourth-order valence-electron chi connectivity index (χ4n) is 3.79. The standard InChI is InChI=1S/C25H26N2O6S/c1-31-21-9-11-22(12-10-21)34(29,30)27-14-13-18-7-8-20(15-19(18)16-27)26-25(28)17-33-24-6-4-3-5-23(24)32-2/h3-12,15H,13-14,16-17H2,1-2H3,(H,26,28). The Kier molecular flexibility index (Phi) is 7.04. The van der Waals surface area contributed by atoms with E-state index in [-0.39, 0.29) is 24.0 Å². The highest BCUT2D eigenvalue weighted by molar-refractivity contribution is 7.89. The molecule has 0 atom stereocenters. The number of carbonyl (C=O) groups is 1. The van der Waals surface area contributed by atoms with Crippen LogP contribution in [0.2, 0.25) is 0 Å². The van der Waals surface area contributed by atoms with E-state index in [1.807, 2.05) is 24.3 Å². The highest BCUT2D eigenvalue weighted by Crippen LogP contribution is 2.28. The number of ether oxygens (including phenoxy) is 3. The average molecular weight is 483 g/mol. The summed E-state index contributed by atoms with van der Waals surface area (Å²) in [6.07, 6.45) is 0.593. The van der Waals surface area contributed by atoms with E-state index in [0.717, 1.165) is 11.1 Å². The molecule has 1 amide bonds. The molecular formula is C25H26N2O6S. The van der Waals surface area contributed by atoms with Crippen molar-refractivity contribution in [2.75, 3.05) is 32.7 Å². The summed E-state index contributed by atoms with van der Waals surface area (Å²) in [5, 5.41) is 2.81. The van der Waals surface area contributed by atoms with Gasteiger partial charge in [-0.05, 0) is 66.1 Å². The lowest BCUT2D eigenvalue weighted by molar-refractivity contribution is -0.118. The van der Waals surface area contributed by atoms with Gasteiger partial charge in [0.25, 0.3) is 5.91 Å². The molecule has 1 aliphatic heterocycles. The lowest BCUT2D eigenvalue weighted by atomic mass is 10.0. The first kappa shape index (κ1) is 23.6. The van der Waals surface area contributed by atoms with Crippen LogP contribution in [0.25, 0.3) is 0 Å². The van der Waals surface area contributed by atoms with E-state index < -0.39 is 10.0 Å². The largest absolute Gasteiger partial charge is 0.497 e. The van der Waals surface area contributed by atoms with E-state index in [0.29, 0.717) is 35.9 Å². The molecule has 1 aliphatic rings. The fourth-order valence-corrected chi connectivity index (χ4v) is 5.21. The molecule has 4 rings (SSSR count). The summed E-state index contributed by atoms with van der Waals surface area (Å²) in [5.41, 5.74) is 2.49. The molecule has 0 unspecified atom stereocenters. The molecule has 0 spiro atoms. The molecule has 3 aromatic carbocycles. The van der Waals surface area contributed by atoms with E-state index in [1.165, 1.54) is 18.5 Å². The fraction of sp³-hybridized carbons (Fsp3) is 0.240. The van der Waals surface area contributed by atoms with E-state index in [9.17, 15) is 13.2 Å². The van der Waals surface area contributed by atoms with Gasteiger partial charge in [-0.25, -0.2) is 8.42 Å². The number of amides is 1. The number of nitrogens with zero attached hydrogens (tertiary/aromatic N) is 1. The monoisotopic (exact) mass is 482 g/mol. The van der Waals surface area contributed by atoms with Crippen LogP contribution in [0, 0.1) is 0 Å². The molecule has 34 heavy (non-hydrogen) atoms. The molecule has 3 aromatic rings. The second kappa shape index (κ2) is 10.1. The summed E-state index contributed by atoms with van der Waals surface area (Å²) in [6, 6.07) is 19.0. The number of carbonyl (C=O) groups excluding carboxylic acids is 1. The molecule has 9 heteroatoms. The molecule has 0 bridgehead atoms. The van der Waals surface area contributed by atoms with Crippen molar-refractivity contribution in [3.05, 3.63) is 77.9 Å². The van der Waals surface area contributed by atoms with Gasteiger partial charge < -0.3 is 19.5 Å². The van der Waals surface area contributed by atoms with Gasteiger partial charge in [0.2, 0.25) is 10.0 Å². The lowest BCUT2D eigenvalue weighted by Gasteiger charge is -2.28. The zero-order valence-corrected chi connectivity index (χ0v) is 19.8. The van der Waals surface area contributed by atoms with Crippen molar-refractivity contribution < 1.29 is 27.4 Å². The summed E-state index contributed by atoms with van der Waals surface area (Å²) in [6.45, 7) is 0.431. The van der Waals surface area contributed by atoms with Crippen molar-refractivity contribution in [1.82, 2.24) is 4.31 Å².